The van der Waals surface area contributed by atoms with E-state index in [0.29, 0.717) is 22.7 Å². The molecule has 1 heterocycles. The zero-order chi connectivity index (χ0) is 18.5. The molecule has 0 aliphatic heterocycles. The molecule has 6 nitrogen and oxygen atoms in total. The van der Waals surface area contributed by atoms with Gasteiger partial charge in [0.25, 0.3) is 11.8 Å². The van der Waals surface area contributed by atoms with Gasteiger partial charge >= 0.3 is 0 Å². The Bertz CT molecular complexity index is 921. The normalized spacial score (nSPS) is 10.2. The van der Waals surface area contributed by atoms with Gasteiger partial charge in [0, 0.05) is 15.8 Å². The number of hydrogen-bond acceptors (Lipinski definition) is 4. The van der Waals surface area contributed by atoms with Gasteiger partial charge in [0.1, 0.15) is 5.75 Å². The Morgan fingerprint density at radius 3 is 2.19 bits per heavy atom. The lowest BCUT2D eigenvalue weighted by Crippen LogP contribution is -2.14. The Kier molecular flexibility index (Phi) is 5.38. The number of methoxy groups -OCH3 is 1. The highest BCUT2D eigenvalue weighted by Gasteiger charge is 2.13. The molecule has 7 heteroatoms. The van der Waals surface area contributed by atoms with Gasteiger partial charge in [0.15, 0.2) is 5.76 Å². The van der Waals surface area contributed by atoms with Crippen molar-refractivity contribution in [2.24, 2.45) is 0 Å². The van der Waals surface area contributed by atoms with Gasteiger partial charge in [0.05, 0.1) is 18.9 Å². The van der Waals surface area contributed by atoms with E-state index in [9.17, 15) is 9.59 Å². The Morgan fingerprint density at radius 2 is 1.62 bits per heavy atom. The number of rotatable bonds is 5. The number of halogens is 1. The molecule has 0 aliphatic rings. The predicted octanol–water partition coefficient (Wildman–Crippen LogP) is 4.56. The van der Waals surface area contributed by atoms with E-state index in [-0.39, 0.29) is 17.6 Å². The summed E-state index contributed by atoms with van der Waals surface area (Å²) in [5, 5.41) is 5.51. The SMILES string of the molecule is COc1ccc(Br)cc1C(=O)Nc1ccc(NC(=O)c2ccco2)cc1. The lowest BCUT2D eigenvalue weighted by atomic mass is 10.2. The molecule has 26 heavy (non-hydrogen) atoms. The van der Waals surface area contributed by atoms with Gasteiger partial charge in [-0.1, -0.05) is 15.9 Å². The van der Waals surface area contributed by atoms with Gasteiger partial charge in [-0.25, -0.2) is 0 Å². The summed E-state index contributed by atoms with van der Waals surface area (Å²) in [4.78, 5) is 24.4. The molecule has 0 atom stereocenters. The largest absolute Gasteiger partial charge is 0.496 e. The minimum Gasteiger partial charge on any atom is -0.496 e. The van der Waals surface area contributed by atoms with Crippen LogP contribution in [0.4, 0.5) is 11.4 Å². The molecule has 0 saturated heterocycles. The second-order valence-electron chi connectivity index (χ2n) is 5.31. The van der Waals surface area contributed by atoms with Crippen LogP contribution in [0.2, 0.25) is 0 Å². The molecule has 1 aromatic heterocycles. The summed E-state index contributed by atoms with van der Waals surface area (Å²) in [6.45, 7) is 0. The fraction of sp³-hybridized carbons (Fsp3) is 0.0526. The highest BCUT2D eigenvalue weighted by molar-refractivity contribution is 9.10. The average Bonchev–Trinajstić information content (AvgIpc) is 3.18. The van der Waals surface area contributed by atoms with Crippen LogP contribution in [-0.4, -0.2) is 18.9 Å². The first kappa shape index (κ1) is 17.8. The Labute approximate surface area is 158 Å². The van der Waals surface area contributed by atoms with Crippen LogP contribution in [-0.2, 0) is 0 Å². The highest BCUT2D eigenvalue weighted by atomic mass is 79.9. The third kappa shape index (κ3) is 4.12. The summed E-state index contributed by atoms with van der Waals surface area (Å²) < 4.78 is 11.0. The molecular formula is C19H15BrN2O4. The quantitative estimate of drug-likeness (QED) is 0.641. The minimum atomic E-state index is -0.342. The average molecular weight is 415 g/mol. The first-order valence-corrected chi connectivity index (χ1v) is 8.46. The van der Waals surface area contributed by atoms with Crippen LogP contribution >= 0.6 is 15.9 Å². The van der Waals surface area contributed by atoms with E-state index in [2.05, 4.69) is 26.6 Å². The molecular weight excluding hydrogens is 400 g/mol. The predicted molar refractivity (Wildman–Crippen MR) is 102 cm³/mol. The van der Waals surface area contributed by atoms with Gasteiger partial charge in [-0.3, -0.25) is 9.59 Å². The Morgan fingerprint density at radius 1 is 0.962 bits per heavy atom. The van der Waals surface area contributed by atoms with E-state index >= 15 is 0 Å². The number of nitrogens with one attached hydrogen (secondary N) is 2. The van der Waals surface area contributed by atoms with E-state index < -0.39 is 0 Å². The van der Waals surface area contributed by atoms with Gasteiger partial charge < -0.3 is 19.8 Å². The Hall–Kier alpha value is -3.06. The highest BCUT2D eigenvalue weighted by Crippen LogP contribution is 2.24. The number of amides is 2. The Balaban J connectivity index is 1.68. The van der Waals surface area contributed by atoms with Crippen molar-refractivity contribution in [1.29, 1.82) is 0 Å². The van der Waals surface area contributed by atoms with Crippen molar-refractivity contribution in [3.8, 4) is 5.75 Å². The van der Waals surface area contributed by atoms with Crippen molar-refractivity contribution in [2.75, 3.05) is 17.7 Å². The van der Waals surface area contributed by atoms with Crippen molar-refractivity contribution in [3.05, 3.63) is 76.7 Å². The maximum absolute atomic E-state index is 12.5. The first-order valence-electron chi connectivity index (χ1n) is 7.66. The number of hydrogen-bond donors (Lipinski definition) is 2. The van der Waals surface area contributed by atoms with E-state index in [1.807, 2.05) is 0 Å². The lowest BCUT2D eigenvalue weighted by molar-refractivity contribution is 0.0994. The molecule has 3 rings (SSSR count). The fourth-order valence-corrected chi connectivity index (χ4v) is 2.65. The summed E-state index contributed by atoms with van der Waals surface area (Å²) >= 11 is 3.34. The number of furan rings is 1. The van der Waals surface area contributed by atoms with Crippen LogP contribution in [0.15, 0.2) is 69.8 Å². The number of ether oxygens (including phenoxy) is 1. The molecule has 2 aromatic carbocycles. The van der Waals surface area contributed by atoms with E-state index in [4.69, 9.17) is 9.15 Å². The maximum atomic E-state index is 12.5. The van der Waals surface area contributed by atoms with Crippen LogP contribution in [0.25, 0.3) is 0 Å². The lowest BCUT2D eigenvalue weighted by Gasteiger charge is -2.10. The smallest absolute Gasteiger partial charge is 0.291 e. The van der Waals surface area contributed by atoms with E-state index in [0.717, 1.165) is 4.47 Å². The number of carbonyl (C=O) groups excluding carboxylic acids is 2. The standard InChI is InChI=1S/C19H15BrN2O4/c1-25-16-9-4-12(20)11-15(16)18(23)21-13-5-7-14(8-6-13)22-19(24)17-3-2-10-26-17/h2-11H,1H3,(H,21,23)(H,22,24). The molecule has 132 valence electrons. The van der Waals surface area contributed by atoms with Crippen molar-refractivity contribution >= 4 is 39.1 Å². The van der Waals surface area contributed by atoms with Crippen LogP contribution in [0.1, 0.15) is 20.9 Å². The van der Waals surface area contributed by atoms with Gasteiger partial charge in [-0.15, -0.1) is 0 Å². The number of benzene rings is 2. The molecule has 0 saturated carbocycles. The van der Waals surface area contributed by atoms with Gasteiger partial charge in [-0.05, 0) is 54.6 Å². The van der Waals surface area contributed by atoms with E-state index in [1.54, 1.807) is 54.6 Å². The third-order valence-electron chi connectivity index (χ3n) is 3.55. The van der Waals surface area contributed by atoms with Crippen molar-refractivity contribution < 1.29 is 18.7 Å². The summed E-state index contributed by atoms with van der Waals surface area (Å²) in [6.07, 6.45) is 1.43. The summed E-state index contributed by atoms with van der Waals surface area (Å²) in [6, 6.07) is 15.2. The molecule has 0 aliphatic carbocycles. The molecule has 0 fully saturated rings. The molecule has 0 radical (unpaired) electrons. The molecule has 2 N–H and O–H groups in total. The van der Waals surface area contributed by atoms with Crippen molar-refractivity contribution in [1.82, 2.24) is 0 Å². The van der Waals surface area contributed by atoms with Crippen molar-refractivity contribution in [2.45, 2.75) is 0 Å². The number of carbonyl (C=O) groups is 2. The fourth-order valence-electron chi connectivity index (χ4n) is 2.29. The van der Waals surface area contributed by atoms with Crippen LogP contribution in [0.5, 0.6) is 5.75 Å². The van der Waals surface area contributed by atoms with Crippen LogP contribution in [0, 0.1) is 0 Å². The molecule has 2 amide bonds. The molecule has 3 aromatic rings. The maximum Gasteiger partial charge on any atom is 0.291 e. The topological polar surface area (TPSA) is 80.6 Å². The summed E-state index contributed by atoms with van der Waals surface area (Å²) in [7, 11) is 1.51. The van der Waals surface area contributed by atoms with Gasteiger partial charge in [0.2, 0.25) is 0 Å². The van der Waals surface area contributed by atoms with Gasteiger partial charge in [-0.2, -0.15) is 0 Å². The summed E-state index contributed by atoms with van der Waals surface area (Å²) in [5.41, 5.74) is 1.59. The summed E-state index contributed by atoms with van der Waals surface area (Å²) in [5.74, 6) is 0.0679. The van der Waals surface area contributed by atoms with Crippen molar-refractivity contribution in [3.63, 3.8) is 0 Å². The second-order valence-corrected chi connectivity index (χ2v) is 6.22. The third-order valence-corrected chi connectivity index (χ3v) is 4.05. The zero-order valence-electron chi connectivity index (χ0n) is 13.8. The van der Waals surface area contributed by atoms with Crippen LogP contribution in [0.3, 0.4) is 0 Å². The molecule has 0 spiro atoms. The van der Waals surface area contributed by atoms with Crippen LogP contribution < -0.4 is 15.4 Å². The molecule has 0 bridgehead atoms. The zero-order valence-corrected chi connectivity index (χ0v) is 15.4. The first-order chi connectivity index (χ1) is 12.6. The van der Waals surface area contributed by atoms with E-state index in [1.165, 1.54) is 13.4 Å². The molecule has 0 unspecified atom stereocenters. The second kappa shape index (κ2) is 7.88. The minimum absolute atomic E-state index is 0.226. The monoisotopic (exact) mass is 414 g/mol. The number of anilines is 2.